The first kappa shape index (κ1) is 21.0. The summed E-state index contributed by atoms with van der Waals surface area (Å²) in [6.07, 6.45) is -1.87. The van der Waals surface area contributed by atoms with Crippen LogP contribution in [0.1, 0.15) is 27.7 Å². The Bertz CT molecular complexity index is 665. The third-order valence-corrected chi connectivity index (χ3v) is 5.19. The first-order valence-corrected chi connectivity index (χ1v) is 9.44. The van der Waals surface area contributed by atoms with Crippen molar-refractivity contribution < 1.29 is 28.5 Å². The van der Waals surface area contributed by atoms with E-state index in [1.54, 1.807) is 18.2 Å². The highest BCUT2D eigenvalue weighted by atomic mass is 79.9. The van der Waals surface area contributed by atoms with Crippen molar-refractivity contribution in [1.29, 1.82) is 0 Å². The third-order valence-electron chi connectivity index (χ3n) is 4.40. The van der Waals surface area contributed by atoms with E-state index < -0.39 is 18.4 Å². The summed E-state index contributed by atoms with van der Waals surface area (Å²) < 4.78 is 23.2. The molecule has 1 fully saturated rings. The van der Waals surface area contributed by atoms with E-state index in [1.807, 2.05) is 13.8 Å². The number of esters is 2. The molecule has 1 aromatic rings. The lowest BCUT2D eigenvalue weighted by atomic mass is 9.83. The number of ether oxygens (including phenoxy) is 4. The van der Waals surface area contributed by atoms with E-state index in [1.165, 1.54) is 13.8 Å². The Morgan fingerprint density at radius 1 is 1.19 bits per heavy atom. The van der Waals surface area contributed by atoms with Crippen LogP contribution < -0.4 is 4.74 Å². The molecule has 1 heterocycles. The van der Waals surface area contributed by atoms with Crippen molar-refractivity contribution in [1.82, 2.24) is 0 Å². The summed E-state index contributed by atoms with van der Waals surface area (Å²) in [6, 6.07) is 5.18. The second-order valence-electron chi connectivity index (χ2n) is 6.33. The number of hydrogen-bond donors (Lipinski definition) is 0. The van der Waals surface area contributed by atoms with Crippen LogP contribution in [0.4, 0.5) is 0 Å². The zero-order valence-corrected chi connectivity index (χ0v) is 17.4. The van der Waals surface area contributed by atoms with Gasteiger partial charge < -0.3 is 18.9 Å². The van der Waals surface area contributed by atoms with Crippen molar-refractivity contribution >= 4 is 39.5 Å². The molecule has 1 aliphatic rings. The fourth-order valence-electron chi connectivity index (χ4n) is 2.80. The molecule has 1 aromatic carbocycles. The molecule has 0 aliphatic carbocycles. The Hall–Kier alpha value is -1.31. The van der Waals surface area contributed by atoms with Crippen LogP contribution in [0.3, 0.4) is 0 Å². The molecule has 8 heteroatoms. The molecule has 0 spiro atoms. The van der Waals surface area contributed by atoms with E-state index in [4.69, 9.17) is 30.5 Å². The van der Waals surface area contributed by atoms with Gasteiger partial charge in [-0.3, -0.25) is 9.59 Å². The highest BCUT2D eigenvalue weighted by Gasteiger charge is 2.45. The van der Waals surface area contributed by atoms with Crippen LogP contribution in [0.15, 0.2) is 22.7 Å². The quantitative estimate of drug-likeness (QED) is 0.633. The largest absolute Gasteiger partial charge is 0.463 e. The minimum atomic E-state index is -0.871. The van der Waals surface area contributed by atoms with Gasteiger partial charge >= 0.3 is 11.9 Å². The first-order chi connectivity index (χ1) is 12.2. The van der Waals surface area contributed by atoms with E-state index in [2.05, 4.69) is 15.9 Å². The number of rotatable bonds is 5. The van der Waals surface area contributed by atoms with Crippen molar-refractivity contribution in [3.63, 3.8) is 0 Å². The van der Waals surface area contributed by atoms with Crippen LogP contribution in [0.25, 0.3) is 0 Å². The van der Waals surface area contributed by atoms with E-state index in [0.717, 1.165) is 4.47 Å². The lowest BCUT2D eigenvalue weighted by Gasteiger charge is -2.43. The normalized spacial score (nSPS) is 28.3. The van der Waals surface area contributed by atoms with Crippen molar-refractivity contribution in [3.05, 3.63) is 27.7 Å². The van der Waals surface area contributed by atoms with Gasteiger partial charge in [0.15, 0.2) is 6.10 Å². The van der Waals surface area contributed by atoms with Crippen molar-refractivity contribution in [2.75, 3.05) is 6.61 Å². The molecule has 1 aliphatic heterocycles. The van der Waals surface area contributed by atoms with Gasteiger partial charge in [0.1, 0.15) is 12.4 Å². The summed E-state index contributed by atoms with van der Waals surface area (Å²) in [5.41, 5.74) is 0. The molecule has 0 bridgehead atoms. The summed E-state index contributed by atoms with van der Waals surface area (Å²) in [7, 11) is 0. The minimum absolute atomic E-state index is 0.0149. The van der Waals surface area contributed by atoms with Gasteiger partial charge in [-0.05, 0) is 24.1 Å². The van der Waals surface area contributed by atoms with E-state index >= 15 is 0 Å². The smallest absolute Gasteiger partial charge is 0.303 e. The van der Waals surface area contributed by atoms with Crippen LogP contribution >= 0.6 is 27.5 Å². The lowest BCUT2D eigenvalue weighted by molar-refractivity contribution is -0.253. The van der Waals surface area contributed by atoms with Gasteiger partial charge in [0.25, 0.3) is 0 Å². The second-order valence-corrected chi connectivity index (χ2v) is 7.65. The SMILES string of the molecule is CC(=O)OCC1OC(Oc2ccc(Br)cc2Cl)C(OC(C)=O)C(C)C1C. The topological polar surface area (TPSA) is 71.1 Å². The van der Waals surface area contributed by atoms with Crippen LogP contribution in [-0.4, -0.2) is 37.0 Å². The monoisotopic (exact) mass is 448 g/mol. The third kappa shape index (κ3) is 5.34. The summed E-state index contributed by atoms with van der Waals surface area (Å²) in [5, 5.41) is 0.396. The second kappa shape index (κ2) is 9.06. The van der Waals surface area contributed by atoms with E-state index in [-0.39, 0.29) is 30.5 Å². The number of carbonyl (C=O) groups is 2. The molecule has 0 N–H and O–H groups in total. The Labute approximate surface area is 166 Å². The fourth-order valence-corrected chi connectivity index (χ4v) is 3.51. The standard InChI is InChI=1S/C18H22BrClO6/c1-9-10(2)17(24-12(4)22)18(26-16(9)8-23-11(3)21)25-15-6-5-13(19)7-14(15)20/h5-7,9-10,16-18H,8H2,1-4H3. The molecule has 6 nitrogen and oxygen atoms in total. The van der Waals surface area contributed by atoms with Gasteiger partial charge in [0.2, 0.25) is 6.29 Å². The van der Waals surface area contributed by atoms with Crippen LogP contribution in [0.5, 0.6) is 5.75 Å². The molecule has 2 rings (SSSR count). The van der Waals surface area contributed by atoms with Gasteiger partial charge in [0, 0.05) is 24.2 Å². The highest BCUT2D eigenvalue weighted by Crippen LogP contribution is 2.36. The first-order valence-electron chi connectivity index (χ1n) is 8.26. The Kier molecular flexibility index (Phi) is 7.32. The number of hydrogen-bond acceptors (Lipinski definition) is 6. The zero-order chi connectivity index (χ0) is 19.4. The molecule has 0 radical (unpaired) electrons. The lowest BCUT2D eigenvalue weighted by Crippen LogP contribution is -2.54. The van der Waals surface area contributed by atoms with Crippen LogP contribution in [0.2, 0.25) is 5.02 Å². The predicted molar refractivity (Wildman–Crippen MR) is 99.0 cm³/mol. The molecule has 26 heavy (non-hydrogen) atoms. The average Bonchev–Trinajstić information content (AvgIpc) is 2.55. The maximum Gasteiger partial charge on any atom is 0.303 e. The highest BCUT2D eigenvalue weighted by molar-refractivity contribution is 9.10. The van der Waals surface area contributed by atoms with Gasteiger partial charge in [-0.2, -0.15) is 0 Å². The van der Waals surface area contributed by atoms with Crippen LogP contribution in [0, 0.1) is 11.8 Å². The summed E-state index contributed by atoms with van der Waals surface area (Å²) in [6.45, 7) is 6.68. The molecule has 144 valence electrons. The maximum atomic E-state index is 11.5. The molecule has 5 atom stereocenters. The fraction of sp³-hybridized carbons (Fsp3) is 0.556. The van der Waals surface area contributed by atoms with Gasteiger partial charge in [-0.15, -0.1) is 0 Å². The Morgan fingerprint density at radius 3 is 2.46 bits per heavy atom. The van der Waals surface area contributed by atoms with Gasteiger partial charge in [0.05, 0.1) is 11.1 Å². The minimum Gasteiger partial charge on any atom is -0.463 e. The van der Waals surface area contributed by atoms with Crippen LogP contribution in [-0.2, 0) is 23.8 Å². The molecule has 0 amide bonds. The van der Waals surface area contributed by atoms with Crippen molar-refractivity contribution in [3.8, 4) is 5.75 Å². The maximum absolute atomic E-state index is 11.5. The van der Waals surface area contributed by atoms with Gasteiger partial charge in [-0.25, -0.2) is 0 Å². The predicted octanol–water partition coefficient (Wildman–Crippen LogP) is 3.97. The molecular formula is C18H22BrClO6. The summed E-state index contributed by atoms with van der Waals surface area (Å²) >= 11 is 9.56. The van der Waals surface area contributed by atoms with E-state index in [9.17, 15) is 9.59 Å². The molecular weight excluding hydrogens is 428 g/mol. The van der Waals surface area contributed by atoms with Crippen molar-refractivity contribution in [2.24, 2.45) is 11.8 Å². The molecule has 5 unspecified atom stereocenters. The summed E-state index contributed by atoms with van der Waals surface area (Å²) in [5.74, 6) is -0.494. The Balaban J connectivity index is 2.23. The number of benzene rings is 1. The van der Waals surface area contributed by atoms with Crippen molar-refractivity contribution in [2.45, 2.75) is 46.2 Å². The average molecular weight is 450 g/mol. The number of carbonyl (C=O) groups excluding carboxylic acids is 2. The number of halogens is 2. The summed E-state index contributed by atoms with van der Waals surface area (Å²) in [4.78, 5) is 22.7. The zero-order valence-electron chi connectivity index (χ0n) is 15.0. The van der Waals surface area contributed by atoms with E-state index in [0.29, 0.717) is 10.8 Å². The Morgan fingerprint density at radius 2 is 1.88 bits per heavy atom. The molecule has 0 saturated carbocycles. The molecule has 0 aromatic heterocycles. The molecule has 1 saturated heterocycles. The van der Waals surface area contributed by atoms with Gasteiger partial charge in [-0.1, -0.05) is 41.4 Å².